The summed E-state index contributed by atoms with van der Waals surface area (Å²) in [6, 6.07) is 28.1. The number of hydrogen-bond donors (Lipinski definition) is 1. The molecule has 0 aliphatic carbocycles. The van der Waals surface area contributed by atoms with Gasteiger partial charge in [0.2, 0.25) is 0 Å². The largest absolute Gasteiger partial charge is 0.492 e. The number of nitrogens with one attached hydrogen (secondary N) is 1. The van der Waals surface area contributed by atoms with Gasteiger partial charge in [-0.25, -0.2) is 4.98 Å². The minimum Gasteiger partial charge on any atom is -0.492 e. The number of hydrogen-bond acceptors (Lipinski definition) is 6. The molecule has 4 aromatic rings. The van der Waals surface area contributed by atoms with Crippen molar-refractivity contribution in [1.29, 1.82) is 0 Å². The maximum atomic E-state index is 12.8. The molecule has 0 bridgehead atoms. The average molecular weight is 499 g/mol. The van der Waals surface area contributed by atoms with Crippen LogP contribution in [-0.2, 0) is 6.54 Å². The number of para-hydroxylation sites is 1. The van der Waals surface area contributed by atoms with Gasteiger partial charge < -0.3 is 19.9 Å². The topological polar surface area (TPSA) is 57.7 Å². The Balaban J connectivity index is 1.30. The zero-order valence-corrected chi connectivity index (χ0v) is 21.0. The number of carbonyl (C=O) groups excluding carboxylic acids is 1. The summed E-state index contributed by atoms with van der Waals surface area (Å²) in [5.74, 6) is 0.959. The van der Waals surface area contributed by atoms with Crippen molar-refractivity contribution in [3.63, 3.8) is 0 Å². The van der Waals surface area contributed by atoms with Crippen molar-refractivity contribution < 1.29 is 9.53 Å². The van der Waals surface area contributed by atoms with Crippen LogP contribution in [0, 0.1) is 0 Å². The van der Waals surface area contributed by atoms with Crippen LogP contribution in [0.1, 0.15) is 15.9 Å². The van der Waals surface area contributed by atoms with Gasteiger partial charge in [0, 0.05) is 49.2 Å². The predicted molar refractivity (Wildman–Crippen MR) is 146 cm³/mol. The molecule has 1 fully saturated rings. The van der Waals surface area contributed by atoms with Gasteiger partial charge in [0.25, 0.3) is 5.91 Å². The van der Waals surface area contributed by atoms with Gasteiger partial charge in [0.05, 0.1) is 12.2 Å². The Hall–Kier alpha value is -3.68. The maximum Gasteiger partial charge on any atom is 0.253 e. The highest BCUT2D eigenvalue weighted by atomic mass is 32.1. The molecular formula is C29H30N4O2S. The SMILES string of the molecule is O=C(c1ccc(CN(CCOc2ccccc2)c2nc(-c3ccccc3)cs2)cc1)N1CCNCC1. The van der Waals surface area contributed by atoms with Gasteiger partial charge in [0.15, 0.2) is 5.13 Å². The molecule has 1 amide bonds. The van der Waals surface area contributed by atoms with E-state index in [1.54, 1.807) is 11.3 Å². The molecule has 6 nitrogen and oxygen atoms in total. The summed E-state index contributed by atoms with van der Waals surface area (Å²) in [5, 5.41) is 6.34. The molecular weight excluding hydrogens is 468 g/mol. The first-order valence-corrected chi connectivity index (χ1v) is 13.2. The molecule has 2 heterocycles. The van der Waals surface area contributed by atoms with Crippen LogP contribution in [0.4, 0.5) is 5.13 Å². The zero-order valence-electron chi connectivity index (χ0n) is 20.2. The van der Waals surface area contributed by atoms with Crippen LogP contribution < -0.4 is 15.0 Å². The van der Waals surface area contributed by atoms with Gasteiger partial charge >= 0.3 is 0 Å². The summed E-state index contributed by atoms with van der Waals surface area (Å²) >= 11 is 1.64. The van der Waals surface area contributed by atoms with E-state index in [1.807, 2.05) is 77.7 Å². The van der Waals surface area contributed by atoms with E-state index >= 15 is 0 Å². The van der Waals surface area contributed by atoms with Gasteiger partial charge in [-0.2, -0.15) is 0 Å². The van der Waals surface area contributed by atoms with E-state index in [0.717, 1.165) is 59.4 Å². The highest BCUT2D eigenvalue weighted by Crippen LogP contribution is 2.28. The molecule has 1 aliphatic heterocycles. The molecule has 5 rings (SSSR count). The van der Waals surface area contributed by atoms with Crippen molar-refractivity contribution >= 4 is 22.4 Å². The molecule has 7 heteroatoms. The molecule has 1 aliphatic rings. The fourth-order valence-corrected chi connectivity index (χ4v) is 5.07. The number of anilines is 1. The molecule has 0 atom stereocenters. The Labute approximate surface area is 216 Å². The Kier molecular flexibility index (Phi) is 7.90. The summed E-state index contributed by atoms with van der Waals surface area (Å²) in [4.78, 5) is 21.9. The molecule has 0 unspecified atom stereocenters. The maximum absolute atomic E-state index is 12.8. The number of piperazine rings is 1. The average Bonchev–Trinajstić information content (AvgIpc) is 3.44. The number of carbonyl (C=O) groups is 1. The van der Waals surface area contributed by atoms with Crippen LogP contribution in [0.2, 0.25) is 0 Å². The van der Waals surface area contributed by atoms with E-state index in [-0.39, 0.29) is 5.91 Å². The molecule has 3 aromatic carbocycles. The third kappa shape index (κ3) is 6.11. The second-order valence-electron chi connectivity index (χ2n) is 8.70. The number of rotatable bonds is 9. The number of ether oxygens (including phenoxy) is 1. The van der Waals surface area contributed by atoms with Crippen molar-refractivity contribution in [2.24, 2.45) is 0 Å². The predicted octanol–water partition coefficient (Wildman–Crippen LogP) is 4.94. The summed E-state index contributed by atoms with van der Waals surface area (Å²) in [5.41, 5.74) is 3.95. The molecule has 0 saturated carbocycles. The molecule has 0 spiro atoms. The number of aromatic nitrogens is 1. The summed E-state index contributed by atoms with van der Waals surface area (Å²) in [7, 11) is 0. The van der Waals surface area contributed by atoms with Crippen molar-refractivity contribution in [3.05, 3.63) is 101 Å². The lowest BCUT2D eigenvalue weighted by atomic mass is 10.1. The van der Waals surface area contributed by atoms with Crippen LogP contribution in [0.25, 0.3) is 11.3 Å². The Bertz CT molecular complexity index is 1240. The lowest BCUT2D eigenvalue weighted by Gasteiger charge is -2.27. The van der Waals surface area contributed by atoms with E-state index in [9.17, 15) is 4.79 Å². The Morgan fingerprint density at radius 3 is 2.36 bits per heavy atom. The summed E-state index contributed by atoms with van der Waals surface area (Å²) < 4.78 is 5.98. The molecule has 1 saturated heterocycles. The number of benzene rings is 3. The van der Waals surface area contributed by atoms with E-state index < -0.39 is 0 Å². The van der Waals surface area contributed by atoms with Crippen molar-refractivity contribution in [3.8, 4) is 17.0 Å². The van der Waals surface area contributed by atoms with Crippen molar-refractivity contribution in [2.45, 2.75) is 6.54 Å². The van der Waals surface area contributed by atoms with Crippen LogP contribution >= 0.6 is 11.3 Å². The fraction of sp³-hybridized carbons (Fsp3) is 0.241. The van der Waals surface area contributed by atoms with E-state index in [1.165, 1.54) is 0 Å². The quantitative estimate of drug-likeness (QED) is 0.354. The first-order chi connectivity index (χ1) is 17.8. The number of amides is 1. The third-order valence-electron chi connectivity index (χ3n) is 6.18. The Morgan fingerprint density at radius 1 is 0.944 bits per heavy atom. The minimum atomic E-state index is 0.101. The van der Waals surface area contributed by atoms with E-state index in [2.05, 4.69) is 27.7 Å². The van der Waals surface area contributed by atoms with Crippen LogP contribution in [-0.4, -0.2) is 55.1 Å². The lowest BCUT2D eigenvalue weighted by molar-refractivity contribution is 0.0736. The standard InChI is InChI=1S/C29H30N4O2S/c34-28(32-17-15-30-16-18-32)25-13-11-23(12-14-25)21-33(19-20-35-26-9-5-2-6-10-26)29-31-27(22-36-29)24-7-3-1-4-8-24/h1-14,22,30H,15-21H2. The molecule has 1 N–H and O–H groups in total. The lowest BCUT2D eigenvalue weighted by Crippen LogP contribution is -2.46. The minimum absolute atomic E-state index is 0.101. The summed E-state index contributed by atoms with van der Waals surface area (Å²) in [6.07, 6.45) is 0. The monoisotopic (exact) mass is 498 g/mol. The van der Waals surface area contributed by atoms with Gasteiger partial charge in [-0.15, -0.1) is 11.3 Å². The van der Waals surface area contributed by atoms with Crippen molar-refractivity contribution in [1.82, 2.24) is 15.2 Å². The normalized spacial score (nSPS) is 13.4. The summed E-state index contributed by atoms with van der Waals surface area (Å²) in [6.45, 7) is 5.13. The highest BCUT2D eigenvalue weighted by molar-refractivity contribution is 7.14. The first-order valence-electron chi connectivity index (χ1n) is 12.3. The van der Waals surface area contributed by atoms with Gasteiger partial charge in [-0.05, 0) is 29.8 Å². The van der Waals surface area contributed by atoms with Crippen molar-refractivity contribution in [2.75, 3.05) is 44.2 Å². The molecule has 36 heavy (non-hydrogen) atoms. The van der Waals surface area contributed by atoms with Gasteiger partial charge in [-0.3, -0.25) is 4.79 Å². The van der Waals surface area contributed by atoms with Gasteiger partial charge in [-0.1, -0.05) is 60.7 Å². The molecule has 1 aromatic heterocycles. The molecule has 184 valence electrons. The number of thiazole rings is 1. The third-order valence-corrected chi connectivity index (χ3v) is 7.09. The van der Waals surface area contributed by atoms with Crippen LogP contribution in [0.5, 0.6) is 5.75 Å². The Morgan fingerprint density at radius 2 is 1.64 bits per heavy atom. The zero-order chi connectivity index (χ0) is 24.6. The smallest absolute Gasteiger partial charge is 0.253 e. The molecule has 0 radical (unpaired) electrons. The van der Waals surface area contributed by atoms with E-state index in [0.29, 0.717) is 19.7 Å². The van der Waals surface area contributed by atoms with E-state index in [4.69, 9.17) is 9.72 Å². The highest BCUT2D eigenvalue weighted by Gasteiger charge is 2.18. The first kappa shape index (κ1) is 24.0. The van der Waals surface area contributed by atoms with Crippen LogP contribution in [0.3, 0.4) is 0 Å². The fourth-order valence-electron chi connectivity index (χ4n) is 4.21. The van der Waals surface area contributed by atoms with Crippen LogP contribution in [0.15, 0.2) is 90.3 Å². The number of nitrogens with zero attached hydrogens (tertiary/aromatic N) is 3. The van der Waals surface area contributed by atoms with Gasteiger partial charge in [0.1, 0.15) is 12.4 Å². The second kappa shape index (κ2) is 11.8. The second-order valence-corrected chi connectivity index (χ2v) is 9.54.